The Kier molecular flexibility index (Phi) is 6.36. The molecular weight excluding hydrogens is 394 g/mol. The van der Waals surface area contributed by atoms with Crippen molar-refractivity contribution < 1.29 is 14.3 Å². The zero-order valence-corrected chi connectivity index (χ0v) is 18.3. The predicted molar refractivity (Wildman–Crippen MR) is 116 cm³/mol. The molecule has 0 radical (unpaired) electrons. The lowest BCUT2D eigenvalue weighted by atomic mass is 9.74. The first kappa shape index (κ1) is 21.5. The van der Waals surface area contributed by atoms with Crippen LogP contribution in [0, 0.1) is 5.41 Å². The first-order valence-electron chi connectivity index (χ1n) is 11.1. The van der Waals surface area contributed by atoms with Crippen LogP contribution in [0.3, 0.4) is 0 Å². The van der Waals surface area contributed by atoms with Gasteiger partial charge in [-0.25, -0.2) is 4.98 Å². The smallest absolute Gasteiger partial charge is 0.246 e. The van der Waals surface area contributed by atoms with E-state index >= 15 is 0 Å². The molecule has 1 aliphatic heterocycles. The van der Waals surface area contributed by atoms with E-state index in [9.17, 15) is 9.59 Å². The summed E-state index contributed by atoms with van der Waals surface area (Å²) in [7, 11) is 1.50. The molecule has 2 atom stereocenters. The molecule has 1 aromatic heterocycles. The van der Waals surface area contributed by atoms with Crippen molar-refractivity contribution in [3.8, 4) is 11.4 Å². The highest BCUT2D eigenvalue weighted by atomic mass is 16.5. The Morgan fingerprint density at radius 1 is 1.23 bits per heavy atom. The summed E-state index contributed by atoms with van der Waals surface area (Å²) in [6, 6.07) is 9.37. The van der Waals surface area contributed by atoms with Crippen molar-refractivity contribution in [1.29, 1.82) is 0 Å². The Morgan fingerprint density at radius 2 is 1.97 bits per heavy atom. The number of aromatic nitrogens is 3. The van der Waals surface area contributed by atoms with Gasteiger partial charge < -0.3 is 15.0 Å². The minimum Gasteiger partial charge on any atom is -0.375 e. The van der Waals surface area contributed by atoms with Crippen LogP contribution in [0.4, 0.5) is 0 Å². The maximum Gasteiger partial charge on any atom is 0.246 e. The Balaban J connectivity index is 1.58. The van der Waals surface area contributed by atoms with E-state index in [4.69, 9.17) is 9.72 Å². The number of hydrogen-bond acceptors (Lipinski definition) is 5. The summed E-state index contributed by atoms with van der Waals surface area (Å²) >= 11 is 0. The number of rotatable bonds is 6. The molecule has 2 N–H and O–H groups in total. The number of benzene rings is 1. The highest BCUT2D eigenvalue weighted by Gasteiger charge is 2.45. The second-order valence-electron chi connectivity index (χ2n) is 8.94. The summed E-state index contributed by atoms with van der Waals surface area (Å²) in [5.74, 6) is 1.25. The molecule has 2 heterocycles. The Bertz CT molecular complexity index is 907. The molecular formula is C23H31N5O3. The molecule has 1 saturated heterocycles. The molecule has 1 aromatic carbocycles. The van der Waals surface area contributed by atoms with E-state index in [2.05, 4.69) is 22.4 Å². The zero-order chi connectivity index (χ0) is 21.8. The van der Waals surface area contributed by atoms with Gasteiger partial charge in [-0.15, -0.1) is 0 Å². The summed E-state index contributed by atoms with van der Waals surface area (Å²) in [6.45, 7) is 2.56. The molecule has 0 spiro atoms. The van der Waals surface area contributed by atoms with Crippen LogP contribution in [-0.4, -0.2) is 58.2 Å². The van der Waals surface area contributed by atoms with E-state index in [1.807, 2.05) is 35.2 Å². The van der Waals surface area contributed by atoms with Crippen LogP contribution in [0.25, 0.3) is 11.4 Å². The summed E-state index contributed by atoms with van der Waals surface area (Å²) in [5, 5.41) is 10.4. The number of H-pyrrole nitrogens is 1. The molecule has 4 rings (SSSR count). The Hall–Kier alpha value is -2.74. The molecule has 2 amide bonds. The number of carbonyl (C=O) groups is 2. The average molecular weight is 426 g/mol. The van der Waals surface area contributed by atoms with Gasteiger partial charge in [0.25, 0.3) is 0 Å². The lowest BCUT2D eigenvalue weighted by molar-refractivity contribution is -0.144. The molecule has 166 valence electrons. The van der Waals surface area contributed by atoms with Crippen molar-refractivity contribution in [3.63, 3.8) is 0 Å². The van der Waals surface area contributed by atoms with Crippen LogP contribution in [0.2, 0.25) is 0 Å². The third-order valence-electron chi connectivity index (χ3n) is 6.53. The van der Waals surface area contributed by atoms with Gasteiger partial charge in [0, 0.05) is 30.7 Å². The highest BCUT2D eigenvalue weighted by molar-refractivity contribution is 5.83. The van der Waals surface area contributed by atoms with E-state index in [-0.39, 0.29) is 35.9 Å². The normalized spacial score (nSPS) is 23.0. The van der Waals surface area contributed by atoms with Gasteiger partial charge in [0.05, 0.1) is 6.04 Å². The molecule has 8 heteroatoms. The maximum absolute atomic E-state index is 13.7. The first-order valence-corrected chi connectivity index (χ1v) is 11.1. The number of nitrogens with one attached hydrogen (secondary N) is 2. The fourth-order valence-corrected chi connectivity index (χ4v) is 4.86. The first-order chi connectivity index (χ1) is 15.0. The number of carbonyl (C=O) groups excluding carboxylic acids is 2. The van der Waals surface area contributed by atoms with Crippen molar-refractivity contribution in [2.24, 2.45) is 5.41 Å². The summed E-state index contributed by atoms with van der Waals surface area (Å²) < 4.78 is 4.94. The van der Waals surface area contributed by atoms with E-state index in [0.717, 1.165) is 31.2 Å². The molecule has 8 nitrogen and oxygen atoms in total. The van der Waals surface area contributed by atoms with Gasteiger partial charge >= 0.3 is 0 Å². The number of aromatic amines is 1. The minimum absolute atomic E-state index is 0.00723. The van der Waals surface area contributed by atoms with Crippen LogP contribution in [0.5, 0.6) is 0 Å². The summed E-state index contributed by atoms with van der Waals surface area (Å²) in [4.78, 5) is 32.4. The Labute approximate surface area is 182 Å². The zero-order valence-electron chi connectivity index (χ0n) is 18.3. The van der Waals surface area contributed by atoms with Gasteiger partial charge in [0.15, 0.2) is 5.82 Å². The van der Waals surface area contributed by atoms with E-state index in [0.29, 0.717) is 24.6 Å². The predicted octanol–water partition coefficient (Wildman–Crippen LogP) is 2.85. The number of likely N-dealkylation sites (tertiary alicyclic amines) is 1. The molecule has 1 saturated carbocycles. The fraction of sp³-hybridized carbons (Fsp3) is 0.565. The molecule has 2 fully saturated rings. The molecule has 0 bridgehead atoms. The van der Waals surface area contributed by atoms with Crippen LogP contribution in [-0.2, 0) is 14.3 Å². The molecule has 31 heavy (non-hydrogen) atoms. The summed E-state index contributed by atoms with van der Waals surface area (Å²) in [5.41, 5.74) is 0.564. The number of nitrogens with zero attached hydrogens (tertiary/aromatic N) is 3. The van der Waals surface area contributed by atoms with Gasteiger partial charge in [-0.2, -0.15) is 5.10 Å². The topological polar surface area (TPSA) is 100 Å². The van der Waals surface area contributed by atoms with E-state index in [1.54, 1.807) is 0 Å². The second kappa shape index (κ2) is 9.18. The van der Waals surface area contributed by atoms with Crippen molar-refractivity contribution in [2.45, 2.75) is 57.5 Å². The third-order valence-corrected chi connectivity index (χ3v) is 6.53. The molecule has 2 aromatic rings. The van der Waals surface area contributed by atoms with Gasteiger partial charge in [-0.05, 0) is 19.3 Å². The van der Waals surface area contributed by atoms with Gasteiger partial charge in [-0.1, -0.05) is 56.5 Å². The quantitative estimate of drug-likeness (QED) is 0.741. The number of ether oxygens (including phenoxy) is 1. The van der Waals surface area contributed by atoms with Crippen molar-refractivity contribution in [1.82, 2.24) is 25.4 Å². The Morgan fingerprint density at radius 3 is 2.68 bits per heavy atom. The van der Waals surface area contributed by atoms with Crippen molar-refractivity contribution >= 4 is 11.8 Å². The van der Waals surface area contributed by atoms with E-state index in [1.165, 1.54) is 13.5 Å². The van der Waals surface area contributed by atoms with E-state index < -0.39 is 0 Å². The van der Waals surface area contributed by atoms with Crippen molar-refractivity contribution in [2.75, 3.05) is 20.3 Å². The van der Waals surface area contributed by atoms with Crippen LogP contribution in [0.1, 0.15) is 57.3 Å². The summed E-state index contributed by atoms with van der Waals surface area (Å²) in [6.07, 6.45) is 5.75. The monoisotopic (exact) mass is 425 g/mol. The average Bonchev–Trinajstić information content (AvgIpc) is 3.42. The highest BCUT2D eigenvalue weighted by Crippen LogP contribution is 2.41. The van der Waals surface area contributed by atoms with Gasteiger partial charge in [0.1, 0.15) is 12.4 Å². The molecule has 0 unspecified atom stereocenters. The SMILES string of the molecule is COCC(=O)N[C@H]1C[C@@H](c2nc(-c3ccccc3)n[nH]2)N(C(=O)C2(C)CCCCC2)C1. The van der Waals surface area contributed by atoms with Crippen LogP contribution >= 0.6 is 0 Å². The number of methoxy groups -OCH3 is 1. The number of hydrogen-bond donors (Lipinski definition) is 2. The largest absolute Gasteiger partial charge is 0.375 e. The fourth-order valence-electron chi connectivity index (χ4n) is 4.86. The minimum atomic E-state index is -0.357. The van der Waals surface area contributed by atoms with Gasteiger partial charge in [0.2, 0.25) is 11.8 Å². The molecule has 2 aliphatic rings. The number of amides is 2. The maximum atomic E-state index is 13.7. The molecule has 1 aliphatic carbocycles. The lowest BCUT2D eigenvalue weighted by Crippen LogP contribution is -2.45. The standard InChI is InChI=1S/C23H31N5O3/c1-23(11-7-4-8-12-23)22(30)28-14-17(24-19(29)15-31-2)13-18(28)21-25-20(26-27-21)16-9-5-3-6-10-16/h3,5-6,9-10,17-18H,4,7-8,11-15H2,1-2H3,(H,24,29)(H,25,26,27)/t17-,18-/m0/s1. The second-order valence-corrected chi connectivity index (χ2v) is 8.94. The lowest BCUT2D eigenvalue weighted by Gasteiger charge is -2.37. The van der Waals surface area contributed by atoms with Crippen LogP contribution in [0.15, 0.2) is 30.3 Å². The van der Waals surface area contributed by atoms with Crippen molar-refractivity contribution in [3.05, 3.63) is 36.2 Å². The third kappa shape index (κ3) is 4.63. The van der Waals surface area contributed by atoms with Crippen LogP contribution < -0.4 is 5.32 Å². The van der Waals surface area contributed by atoms with Gasteiger partial charge in [-0.3, -0.25) is 14.7 Å².